The molecular formula is C27H46O. The summed E-state index contributed by atoms with van der Waals surface area (Å²) >= 11 is 0. The van der Waals surface area contributed by atoms with Gasteiger partial charge in [0.2, 0.25) is 0 Å². The third-order valence-corrected chi connectivity index (χ3v) is 10.3. The van der Waals surface area contributed by atoms with E-state index >= 15 is 0 Å². The van der Waals surface area contributed by atoms with E-state index in [-0.39, 0.29) is 6.10 Å². The number of rotatable bonds is 5. The maximum atomic E-state index is 10.2. The van der Waals surface area contributed by atoms with Gasteiger partial charge >= 0.3 is 0 Å². The van der Waals surface area contributed by atoms with Gasteiger partial charge in [-0.3, -0.25) is 0 Å². The van der Waals surface area contributed by atoms with Crippen LogP contribution in [0.25, 0.3) is 0 Å². The van der Waals surface area contributed by atoms with Crippen molar-refractivity contribution in [1.82, 2.24) is 0 Å². The van der Waals surface area contributed by atoms with Gasteiger partial charge in [-0.1, -0.05) is 65.5 Å². The zero-order valence-electron chi connectivity index (χ0n) is 19.3. The van der Waals surface area contributed by atoms with Crippen molar-refractivity contribution in [3.8, 4) is 0 Å². The molecule has 6 unspecified atom stereocenters. The first kappa shape index (κ1) is 21.0. The van der Waals surface area contributed by atoms with E-state index in [1.165, 1.54) is 57.8 Å². The van der Waals surface area contributed by atoms with Gasteiger partial charge in [0.1, 0.15) is 0 Å². The highest BCUT2D eigenvalue weighted by atomic mass is 16.3. The van der Waals surface area contributed by atoms with E-state index in [9.17, 15) is 5.11 Å². The van der Waals surface area contributed by atoms with E-state index in [1.54, 1.807) is 0 Å². The topological polar surface area (TPSA) is 20.2 Å². The Hall–Kier alpha value is -0.300. The zero-order valence-corrected chi connectivity index (χ0v) is 19.3. The van der Waals surface area contributed by atoms with Crippen LogP contribution in [0.15, 0.2) is 11.6 Å². The summed E-state index contributed by atoms with van der Waals surface area (Å²) in [5.41, 5.74) is 2.89. The van der Waals surface area contributed by atoms with Crippen molar-refractivity contribution < 1.29 is 5.11 Å². The molecule has 0 aromatic carbocycles. The molecule has 1 heteroatoms. The molecule has 28 heavy (non-hydrogen) atoms. The fourth-order valence-corrected chi connectivity index (χ4v) is 8.51. The number of hydrogen-bond donors (Lipinski definition) is 1. The Labute approximate surface area is 174 Å². The predicted molar refractivity (Wildman–Crippen MR) is 119 cm³/mol. The van der Waals surface area contributed by atoms with Crippen LogP contribution in [-0.4, -0.2) is 11.2 Å². The lowest BCUT2D eigenvalue weighted by molar-refractivity contribution is -0.0427. The zero-order chi connectivity index (χ0) is 20.1. The summed E-state index contributed by atoms with van der Waals surface area (Å²) in [6, 6.07) is 0. The van der Waals surface area contributed by atoms with Crippen molar-refractivity contribution in [2.24, 2.45) is 46.3 Å². The number of aliphatic hydroxyl groups is 1. The maximum absolute atomic E-state index is 10.2. The highest BCUT2D eigenvalue weighted by Gasteiger charge is 2.58. The van der Waals surface area contributed by atoms with E-state index in [0.29, 0.717) is 10.8 Å². The maximum Gasteiger partial charge on any atom is 0.0543 e. The lowest BCUT2D eigenvalue weighted by Crippen LogP contribution is -2.49. The Balaban J connectivity index is 1.50. The molecule has 4 rings (SSSR count). The van der Waals surface area contributed by atoms with Crippen LogP contribution >= 0.6 is 0 Å². The molecule has 0 aliphatic heterocycles. The molecule has 1 nitrogen and oxygen atoms in total. The molecule has 1 N–H and O–H groups in total. The normalized spacial score (nSPS) is 46.5. The van der Waals surface area contributed by atoms with E-state index in [2.05, 4.69) is 40.7 Å². The molecule has 0 heterocycles. The molecule has 0 aromatic heterocycles. The summed E-state index contributed by atoms with van der Waals surface area (Å²) in [4.78, 5) is 0. The van der Waals surface area contributed by atoms with Crippen molar-refractivity contribution in [3.05, 3.63) is 11.6 Å². The number of fused-ring (bicyclic) bond motifs is 5. The third kappa shape index (κ3) is 3.42. The number of allylic oxidation sites excluding steroid dienone is 2. The van der Waals surface area contributed by atoms with Gasteiger partial charge in [-0.25, -0.2) is 0 Å². The van der Waals surface area contributed by atoms with Crippen LogP contribution in [-0.2, 0) is 0 Å². The first-order valence-electron chi connectivity index (χ1n) is 12.6. The molecule has 3 fully saturated rings. The van der Waals surface area contributed by atoms with Crippen molar-refractivity contribution in [3.63, 3.8) is 0 Å². The van der Waals surface area contributed by atoms with Gasteiger partial charge in [-0.15, -0.1) is 0 Å². The Morgan fingerprint density at radius 3 is 2.43 bits per heavy atom. The van der Waals surface area contributed by atoms with Gasteiger partial charge in [0, 0.05) is 0 Å². The van der Waals surface area contributed by atoms with Gasteiger partial charge in [0.15, 0.2) is 0 Å². The number of hydrogen-bond acceptors (Lipinski definition) is 1. The first-order chi connectivity index (χ1) is 13.3. The minimum absolute atomic E-state index is 0.0376. The fraction of sp³-hybridized carbons (Fsp3) is 0.926. The lowest BCUT2D eigenvalue weighted by Gasteiger charge is -2.57. The summed E-state index contributed by atoms with van der Waals surface area (Å²) in [5.74, 6) is 5.07. The summed E-state index contributed by atoms with van der Waals surface area (Å²) in [5, 5.41) is 10.2. The van der Waals surface area contributed by atoms with Gasteiger partial charge in [-0.2, -0.15) is 0 Å². The number of aliphatic hydroxyl groups excluding tert-OH is 1. The summed E-state index contributed by atoms with van der Waals surface area (Å²) in [7, 11) is 0. The molecule has 160 valence electrons. The lowest BCUT2D eigenvalue weighted by atomic mass is 9.47. The smallest absolute Gasteiger partial charge is 0.0543 e. The third-order valence-electron chi connectivity index (χ3n) is 10.3. The average molecular weight is 387 g/mol. The van der Waals surface area contributed by atoms with Crippen LogP contribution in [0.3, 0.4) is 0 Å². The molecule has 0 saturated heterocycles. The standard InChI is InChI=1S/C27H46O/c1-18(2)7-6-8-19(3)23-11-12-24-22-10-9-20-17-21(28)13-15-26(20,4)25(22)14-16-27(23,24)5/h10,18-21,23-25,28H,6-9,11-17H2,1-5H3/t19-,20+,21?,23?,24?,25?,26?,27?/m1/s1. The van der Waals surface area contributed by atoms with Crippen LogP contribution in [0.4, 0.5) is 0 Å². The molecule has 0 amide bonds. The summed E-state index contributed by atoms with van der Waals surface area (Å²) in [6.07, 6.45) is 17.2. The molecule has 0 spiro atoms. The predicted octanol–water partition coefficient (Wildman–Crippen LogP) is 7.39. The van der Waals surface area contributed by atoms with Gasteiger partial charge < -0.3 is 5.11 Å². The van der Waals surface area contributed by atoms with E-state index in [0.717, 1.165) is 48.3 Å². The second-order valence-electron chi connectivity index (χ2n) is 12.2. The Morgan fingerprint density at radius 1 is 0.964 bits per heavy atom. The fourth-order valence-electron chi connectivity index (χ4n) is 8.51. The van der Waals surface area contributed by atoms with Crippen molar-refractivity contribution in [2.75, 3.05) is 0 Å². The second-order valence-corrected chi connectivity index (χ2v) is 12.2. The monoisotopic (exact) mass is 386 g/mol. The van der Waals surface area contributed by atoms with E-state index in [4.69, 9.17) is 0 Å². The average Bonchev–Trinajstić information content (AvgIpc) is 2.99. The molecule has 3 saturated carbocycles. The molecule has 0 radical (unpaired) electrons. The minimum atomic E-state index is -0.0376. The van der Waals surface area contributed by atoms with E-state index < -0.39 is 0 Å². The van der Waals surface area contributed by atoms with Gasteiger partial charge in [0.05, 0.1) is 6.10 Å². The molecule has 0 aromatic rings. The molecule has 4 aliphatic carbocycles. The van der Waals surface area contributed by atoms with Crippen molar-refractivity contribution in [2.45, 2.75) is 111 Å². The van der Waals surface area contributed by atoms with Crippen molar-refractivity contribution >= 4 is 0 Å². The first-order valence-corrected chi connectivity index (χ1v) is 12.6. The van der Waals surface area contributed by atoms with Crippen LogP contribution in [0, 0.1) is 46.3 Å². The van der Waals surface area contributed by atoms with Crippen LogP contribution in [0.2, 0.25) is 0 Å². The largest absolute Gasteiger partial charge is 0.393 e. The van der Waals surface area contributed by atoms with Gasteiger partial charge in [-0.05, 0) is 97.7 Å². The molecule has 0 bridgehead atoms. The Morgan fingerprint density at radius 2 is 1.68 bits per heavy atom. The highest BCUT2D eigenvalue weighted by Crippen LogP contribution is 2.66. The van der Waals surface area contributed by atoms with Crippen molar-refractivity contribution in [1.29, 1.82) is 0 Å². The molecule has 4 aliphatic rings. The highest BCUT2D eigenvalue weighted by molar-refractivity contribution is 5.27. The summed E-state index contributed by atoms with van der Waals surface area (Å²) in [6.45, 7) is 12.6. The SMILES string of the molecule is CC(C)CCC[C@@H](C)C1CCC2C3=CC[C@H]4CC(O)CCC4(C)C3CCC21C. The molecule has 8 atom stereocenters. The Bertz CT molecular complexity index is 591. The Kier molecular flexibility index (Phi) is 5.80. The quantitative estimate of drug-likeness (QED) is 0.488. The van der Waals surface area contributed by atoms with Crippen LogP contribution < -0.4 is 0 Å². The van der Waals surface area contributed by atoms with Crippen LogP contribution in [0.1, 0.15) is 105 Å². The van der Waals surface area contributed by atoms with Crippen LogP contribution in [0.5, 0.6) is 0 Å². The van der Waals surface area contributed by atoms with Gasteiger partial charge in [0.25, 0.3) is 0 Å². The van der Waals surface area contributed by atoms with E-state index in [1.807, 2.05) is 5.57 Å². The second kappa shape index (κ2) is 7.75. The minimum Gasteiger partial charge on any atom is -0.393 e. The summed E-state index contributed by atoms with van der Waals surface area (Å²) < 4.78 is 0. The molecular weight excluding hydrogens is 340 g/mol.